The summed E-state index contributed by atoms with van der Waals surface area (Å²) in [6.45, 7) is 4.13. The van der Waals surface area contributed by atoms with Crippen LogP contribution < -0.4 is 10.1 Å². The molecule has 0 aliphatic carbocycles. The van der Waals surface area contributed by atoms with Gasteiger partial charge in [0.25, 0.3) is 0 Å². The summed E-state index contributed by atoms with van der Waals surface area (Å²) < 4.78 is 5.91. The lowest BCUT2D eigenvalue weighted by atomic mass is 10.1. The molecule has 4 heteroatoms. The Bertz CT molecular complexity index is 582. The lowest BCUT2D eigenvalue weighted by Crippen LogP contribution is -2.42. The van der Waals surface area contributed by atoms with Crippen molar-refractivity contribution in [3.8, 4) is 5.75 Å². The zero-order valence-electron chi connectivity index (χ0n) is 13.1. The van der Waals surface area contributed by atoms with Gasteiger partial charge in [-0.25, -0.2) is 0 Å². The Morgan fingerprint density at radius 3 is 2.55 bits per heavy atom. The Balaban J connectivity index is 0.00000176. The minimum Gasteiger partial charge on any atom is -0.492 e. The van der Waals surface area contributed by atoms with Gasteiger partial charge in [-0.2, -0.15) is 0 Å². The maximum Gasteiger partial charge on any atom is 0.120 e. The Labute approximate surface area is 139 Å². The molecule has 0 amide bonds. The molecule has 1 aliphatic rings. The van der Waals surface area contributed by atoms with Crippen molar-refractivity contribution < 1.29 is 4.74 Å². The van der Waals surface area contributed by atoms with Crippen LogP contribution in [0.5, 0.6) is 5.75 Å². The topological polar surface area (TPSA) is 24.5 Å². The van der Waals surface area contributed by atoms with Crippen LogP contribution in [0.1, 0.15) is 12.8 Å². The number of hydrogen-bond donors (Lipinski definition) is 1. The van der Waals surface area contributed by atoms with E-state index in [1.54, 1.807) is 0 Å². The van der Waals surface area contributed by atoms with E-state index in [-0.39, 0.29) is 12.4 Å². The largest absolute Gasteiger partial charge is 0.492 e. The number of hydrogen-bond acceptors (Lipinski definition) is 3. The van der Waals surface area contributed by atoms with Gasteiger partial charge in [0.2, 0.25) is 0 Å². The first-order chi connectivity index (χ1) is 10.3. The maximum atomic E-state index is 5.91. The van der Waals surface area contributed by atoms with Crippen molar-refractivity contribution in [1.29, 1.82) is 0 Å². The molecule has 120 valence electrons. The standard InChI is InChI=1S/C18H24N2O.ClH/c1-19-17-8-10-20(11-9-17)12-13-21-18-7-6-15-4-2-3-5-16(15)14-18;/h2-7,14,17,19H,8-13H2,1H3;1H. The normalized spacial score (nSPS) is 16.4. The fourth-order valence-corrected chi connectivity index (χ4v) is 3.00. The number of fused-ring (bicyclic) bond motifs is 1. The van der Waals surface area contributed by atoms with Gasteiger partial charge in [0, 0.05) is 12.6 Å². The Morgan fingerprint density at radius 1 is 1.09 bits per heavy atom. The summed E-state index contributed by atoms with van der Waals surface area (Å²) in [6.07, 6.45) is 2.49. The van der Waals surface area contributed by atoms with E-state index in [1.807, 2.05) is 0 Å². The van der Waals surface area contributed by atoms with Crippen LogP contribution in [0.25, 0.3) is 10.8 Å². The molecule has 0 radical (unpaired) electrons. The molecule has 0 spiro atoms. The van der Waals surface area contributed by atoms with Crippen molar-refractivity contribution >= 4 is 23.2 Å². The SMILES string of the molecule is CNC1CCN(CCOc2ccc3ccccc3c2)CC1.Cl. The average molecular weight is 321 g/mol. The lowest BCUT2D eigenvalue weighted by Gasteiger charge is -2.31. The highest BCUT2D eigenvalue weighted by Crippen LogP contribution is 2.20. The van der Waals surface area contributed by atoms with Gasteiger partial charge in [-0.05, 0) is 55.9 Å². The van der Waals surface area contributed by atoms with Gasteiger partial charge in [0.05, 0.1) is 0 Å². The highest BCUT2D eigenvalue weighted by molar-refractivity contribution is 5.85. The summed E-state index contributed by atoms with van der Waals surface area (Å²) >= 11 is 0. The monoisotopic (exact) mass is 320 g/mol. The number of piperidine rings is 1. The smallest absolute Gasteiger partial charge is 0.120 e. The Hall–Kier alpha value is -1.29. The molecule has 22 heavy (non-hydrogen) atoms. The summed E-state index contributed by atoms with van der Waals surface area (Å²) in [5.41, 5.74) is 0. The van der Waals surface area contributed by atoms with Gasteiger partial charge in [-0.15, -0.1) is 12.4 Å². The predicted molar refractivity (Wildman–Crippen MR) is 95.2 cm³/mol. The molecular formula is C18H25ClN2O. The van der Waals surface area contributed by atoms with E-state index in [4.69, 9.17) is 4.74 Å². The lowest BCUT2D eigenvalue weighted by molar-refractivity contribution is 0.167. The van der Waals surface area contributed by atoms with E-state index >= 15 is 0 Å². The van der Waals surface area contributed by atoms with Crippen LogP contribution in [-0.4, -0.2) is 44.2 Å². The zero-order valence-corrected chi connectivity index (χ0v) is 13.9. The van der Waals surface area contributed by atoms with Gasteiger partial charge >= 0.3 is 0 Å². The molecule has 3 nitrogen and oxygen atoms in total. The second-order valence-electron chi connectivity index (χ2n) is 5.76. The Morgan fingerprint density at radius 2 is 1.82 bits per heavy atom. The molecule has 1 heterocycles. The van der Waals surface area contributed by atoms with Gasteiger partial charge in [0.1, 0.15) is 12.4 Å². The second kappa shape index (κ2) is 8.37. The van der Waals surface area contributed by atoms with Crippen molar-refractivity contribution in [2.24, 2.45) is 0 Å². The molecule has 1 saturated heterocycles. The first-order valence-electron chi connectivity index (χ1n) is 7.86. The molecule has 2 aromatic rings. The number of ether oxygens (including phenoxy) is 1. The minimum atomic E-state index is 0. The van der Waals surface area contributed by atoms with Gasteiger partial charge < -0.3 is 10.1 Å². The molecule has 0 atom stereocenters. The number of rotatable bonds is 5. The van der Waals surface area contributed by atoms with Crippen LogP contribution in [-0.2, 0) is 0 Å². The number of benzene rings is 2. The second-order valence-corrected chi connectivity index (χ2v) is 5.76. The molecule has 1 fully saturated rings. The van der Waals surface area contributed by atoms with Gasteiger partial charge in [0.15, 0.2) is 0 Å². The quantitative estimate of drug-likeness (QED) is 0.914. The van der Waals surface area contributed by atoms with Crippen molar-refractivity contribution in [1.82, 2.24) is 10.2 Å². The number of halogens is 1. The number of nitrogens with one attached hydrogen (secondary N) is 1. The van der Waals surface area contributed by atoms with Crippen molar-refractivity contribution in [3.63, 3.8) is 0 Å². The summed E-state index contributed by atoms with van der Waals surface area (Å²) in [5, 5.41) is 5.87. The first-order valence-corrected chi connectivity index (χ1v) is 7.86. The van der Waals surface area contributed by atoms with Crippen LogP contribution in [0, 0.1) is 0 Å². The fraction of sp³-hybridized carbons (Fsp3) is 0.444. The third kappa shape index (κ3) is 4.35. The summed E-state index contributed by atoms with van der Waals surface area (Å²) in [4.78, 5) is 2.49. The van der Waals surface area contributed by atoms with Crippen molar-refractivity contribution in [2.45, 2.75) is 18.9 Å². The van der Waals surface area contributed by atoms with Crippen LogP contribution in [0.15, 0.2) is 42.5 Å². The van der Waals surface area contributed by atoms with Crippen LogP contribution in [0.2, 0.25) is 0 Å². The summed E-state index contributed by atoms with van der Waals surface area (Å²) in [5.74, 6) is 0.971. The molecule has 0 aromatic heterocycles. The number of likely N-dealkylation sites (tertiary alicyclic amines) is 1. The first kappa shape index (κ1) is 17.1. The molecule has 1 aliphatic heterocycles. The van der Waals surface area contributed by atoms with Crippen molar-refractivity contribution in [3.05, 3.63) is 42.5 Å². The third-order valence-electron chi connectivity index (χ3n) is 4.39. The highest BCUT2D eigenvalue weighted by Gasteiger charge is 2.17. The predicted octanol–water partition coefficient (Wildman–Crippen LogP) is 3.32. The van der Waals surface area contributed by atoms with Crippen LogP contribution >= 0.6 is 12.4 Å². The maximum absolute atomic E-state index is 5.91. The summed E-state index contributed by atoms with van der Waals surface area (Å²) in [6, 6.07) is 15.4. The van der Waals surface area contributed by atoms with E-state index in [9.17, 15) is 0 Å². The highest BCUT2D eigenvalue weighted by atomic mass is 35.5. The minimum absolute atomic E-state index is 0. The van der Waals surface area contributed by atoms with Gasteiger partial charge in [-0.3, -0.25) is 4.90 Å². The van der Waals surface area contributed by atoms with Crippen LogP contribution in [0.3, 0.4) is 0 Å². The fourth-order valence-electron chi connectivity index (χ4n) is 3.00. The van der Waals surface area contributed by atoms with Crippen molar-refractivity contribution in [2.75, 3.05) is 33.3 Å². The van der Waals surface area contributed by atoms with E-state index in [2.05, 4.69) is 59.7 Å². The van der Waals surface area contributed by atoms with Crippen LogP contribution in [0.4, 0.5) is 0 Å². The van der Waals surface area contributed by atoms with E-state index in [1.165, 1.54) is 36.7 Å². The molecule has 0 unspecified atom stereocenters. The molecule has 2 aromatic carbocycles. The van der Waals surface area contributed by atoms with E-state index < -0.39 is 0 Å². The van der Waals surface area contributed by atoms with Gasteiger partial charge in [-0.1, -0.05) is 30.3 Å². The molecular weight excluding hydrogens is 296 g/mol. The molecule has 1 N–H and O–H groups in total. The number of nitrogens with zero attached hydrogens (tertiary/aromatic N) is 1. The summed E-state index contributed by atoms with van der Waals surface area (Å²) in [7, 11) is 2.06. The van der Waals surface area contributed by atoms with E-state index in [0.717, 1.165) is 18.9 Å². The average Bonchev–Trinajstić information content (AvgIpc) is 2.55. The Kier molecular flexibility index (Phi) is 6.49. The van der Waals surface area contributed by atoms with E-state index in [0.29, 0.717) is 6.04 Å². The molecule has 3 rings (SSSR count). The molecule has 0 saturated carbocycles. The molecule has 0 bridgehead atoms. The zero-order chi connectivity index (χ0) is 14.5. The third-order valence-corrected chi connectivity index (χ3v) is 4.39.